The van der Waals surface area contributed by atoms with E-state index < -0.39 is 0 Å². The quantitative estimate of drug-likeness (QED) is 0.779. The highest BCUT2D eigenvalue weighted by molar-refractivity contribution is 9.10. The summed E-state index contributed by atoms with van der Waals surface area (Å²) in [4.78, 5) is 0. The maximum atomic E-state index is 5.63. The van der Waals surface area contributed by atoms with Crippen molar-refractivity contribution in [3.8, 4) is 5.75 Å². The summed E-state index contributed by atoms with van der Waals surface area (Å²) in [5.41, 5.74) is 2.51. The Hall–Kier alpha value is -0.540. The average molecular weight is 340 g/mol. The van der Waals surface area contributed by atoms with Crippen LogP contribution in [0.4, 0.5) is 0 Å². The number of hydrogen-bond acceptors (Lipinski definition) is 2. The molecule has 1 fully saturated rings. The minimum Gasteiger partial charge on any atom is -0.496 e. The molecule has 112 valence electrons. The highest BCUT2D eigenvalue weighted by Gasteiger charge is 2.25. The minimum atomic E-state index is 0.389. The summed E-state index contributed by atoms with van der Waals surface area (Å²) in [6.07, 6.45) is 8.14. The number of nitrogens with one attached hydrogen (secondary N) is 1. The van der Waals surface area contributed by atoms with Crippen LogP contribution in [0.1, 0.15) is 55.7 Å². The smallest absolute Gasteiger partial charge is 0.123 e. The summed E-state index contributed by atoms with van der Waals surface area (Å²) in [6, 6.07) is 4.76. The summed E-state index contributed by atoms with van der Waals surface area (Å²) in [5, 5.41) is 3.54. The summed E-state index contributed by atoms with van der Waals surface area (Å²) in [5.74, 6) is 1.72. The van der Waals surface area contributed by atoms with Crippen molar-refractivity contribution in [1.29, 1.82) is 0 Å². The molecule has 0 spiro atoms. The number of hydrogen-bond donors (Lipinski definition) is 1. The number of halogens is 1. The van der Waals surface area contributed by atoms with Gasteiger partial charge in [-0.2, -0.15) is 0 Å². The van der Waals surface area contributed by atoms with Gasteiger partial charge in [-0.15, -0.1) is 0 Å². The first-order chi connectivity index (χ1) is 9.67. The molecule has 1 saturated carbocycles. The molecule has 0 heterocycles. The van der Waals surface area contributed by atoms with Gasteiger partial charge >= 0.3 is 0 Å². The highest BCUT2D eigenvalue weighted by Crippen LogP contribution is 2.39. The van der Waals surface area contributed by atoms with E-state index in [9.17, 15) is 0 Å². The van der Waals surface area contributed by atoms with Crippen molar-refractivity contribution < 1.29 is 4.74 Å². The maximum absolute atomic E-state index is 5.63. The molecular weight excluding hydrogens is 314 g/mol. The topological polar surface area (TPSA) is 21.3 Å². The number of aryl methyl sites for hydroxylation is 1. The van der Waals surface area contributed by atoms with Gasteiger partial charge in [0.05, 0.1) is 7.11 Å². The summed E-state index contributed by atoms with van der Waals surface area (Å²) >= 11 is 3.66. The van der Waals surface area contributed by atoms with E-state index in [1.54, 1.807) is 7.11 Å². The maximum Gasteiger partial charge on any atom is 0.123 e. The molecule has 1 aromatic carbocycles. The second-order valence-corrected chi connectivity index (χ2v) is 6.72. The Labute approximate surface area is 131 Å². The first-order valence-corrected chi connectivity index (χ1v) is 8.48. The molecule has 0 bridgehead atoms. The van der Waals surface area contributed by atoms with Crippen LogP contribution in [0.25, 0.3) is 0 Å². The Balaban J connectivity index is 2.32. The van der Waals surface area contributed by atoms with Crippen LogP contribution in [0.3, 0.4) is 0 Å². The summed E-state index contributed by atoms with van der Waals surface area (Å²) < 4.78 is 6.79. The predicted molar refractivity (Wildman–Crippen MR) is 88.4 cm³/mol. The van der Waals surface area contributed by atoms with Gasteiger partial charge in [-0.05, 0) is 50.4 Å². The van der Waals surface area contributed by atoms with Crippen molar-refractivity contribution in [2.75, 3.05) is 14.2 Å². The van der Waals surface area contributed by atoms with Gasteiger partial charge < -0.3 is 10.1 Å². The Bertz CT molecular complexity index is 439. The summed E-state index contributed by atoms with van der Waals surface area (Å²) in [7, 11) is 3.84. The molecule has 1 aliphatic rings. The molecule has 0 radical (unpaired) electrons. The molecule has 1 atom stereocenters. The van der Waals surface area contributed by atoms with E-state index in [0.717, 1.165) is 5.75 Å². The van der Waals surface area contributed by atoms with Crippen molar-refractivity contribution >= 4 is 15.9 Å². The SMILES string of the molecule is CNC(c1cc(Br)c(C)cc1OC)C1CCCCCC1. The van der Waals surface area contributed by atoms with Gasteiger partial charge in [0.25, 0.3) is 0 Å². The normalized spacial score (nSPS) is 18.6. The molecule has 1 aromatic rings. The van der Waals surface area contributed by atoms with E-state index in [1.165, 1.54) is 54.1 Å². The Morgan fingerprint density at radius 2 is 1.85 bits per heavy atom. The second kappa shape index (κ2) is 7.46. The van der Waals surface area contributed by atoms with Crippen LogP contribution in [0.5, 0.6) is 5.75 Å². The fraction of sp³-hybridized carbons (Fsp3) is 0.647. The molecule has 0 saturated heterocycles. The first kappa shape index (κ1) is 15.8. The van der Waals surface area contributed by atoms with E-state index in [-0.39, 0.29) is 0 Å². The van der Waals surface area contributed by atoms with E-state index in [1.807, 2.05) is 0 Å². The Morgan fingerprint density at radius 1 is 1.20 bits per heavy atom. The molecule has 0 amide bonds. The van der Waals surface area contributed by atoms with Gasteiger partial charge in [-0.25, -0.2) is 0 Å². The van der Waals surface area contributed by atoms with Gasteiger partial charge in [0.2, 0.25) is 0 Å². The van der Waals surface area contributed by atoms with Crippen molar-refractivity contribution in [3.63, 3.8) is 0 Å². The van der Waals surface area contributed by atoms with Crippen molar-refractivity contribution in [3.05, 3.63) is 27.7 Å². The number of benzene rings is 1. The fourth-order valence-electron chi connectivity index (χ4n) is 3.38. The molecule has 2 rings (SSSR count). The molecule has 1 aliphatic carbocycles. The number of ether oxygens (including phenoxy) is 1. The molecule has 20 heavy (non-hydrogen) atoms. The van der Waals surface area contributed by atoms with E-state index in [2.05, 4.69) is 47.4 Å². The highest BCUT2D eigenvalue weighted by atomic mass is 79.9. The lowest BCUT2D eigenvalue weighted by Crippen LogP contribution is -2.25. The van der Waals surface area contributed by atoms with Crippen LogP contribution in [-0.2, 0) is 0 Å². The van der Waals surface area contributed by atoms with Crippen molar-refractivity contribution in [2.45, 2.75) is 51.5 Å². The molecular formula is C17H26BrNO. The van der Waals surface area contributed by atoms with E-state index in [4.69, 9.17) is 4.74 Å². The minimum absolute atomic E-state index is 0.389. The third-order valence-electron chi connectivity index (χ3n) is 4.53. The van der Waals surface area contributed by atoms with Crippen LogP contribution in [0.15, 0.2) is 16.6 Å². The monoisotopic (exact) mass is 339 g/mol. The zero-order valence-electron chi connectivity index (χ0n) is 12.8. The predicted octanol–water partition coefficient (Wildman–Crippen LogP) is 5.00. The zero-order chi connectivity index (χ0) is 14.5. The fourth-order valence-corrected chi connectivity index (χ4v) is 3.74. The van der Waals surface area contributed by atoms with Crippen LogP contribution >= 0.6 is 15.9 Å². The van der Waals surface area contributed by atoms with Crippen LogP contribution in [0, 0.1) is 12.8 Å². The van der Waals surface area contributed by atoms with E-state index >= 15 is 0 Å². The third-order valence-corrected chi connectivity index (χ3v) is 5.38. The number of rotatable bonds is 4. The lowest BCUT2D eigenvalue weighted by molar-refractivity contribution is 0.326. The van der Waals surface area contributed by atoms with Crippen molar-refractivity contribution in [2.24, 2.45) is 5.92 Å². The van der Waals surface area contributed by atoms with Gasteiger partial charge in [0.1, 0.15) is 5.75 Å². The molecule has 1 N–H and O–H groups in total. The lowest BCUT2D eigenvalue weighted by atomic mass is 9.86. The van der Waals surface area contributed by atoms with E-state index in [0.29, 0.717) is 12.0 Å². The zero-order valence-corrected chi connectivity index (χ0v) is 14.4. The lowest BCUT2D eigenvalue weighted by Gasteiger charge is -2.28. The molecule has 0 aliphatic heterocycles. The first-order valence-electron chi connectivity index (χ1n) is 7.68. The third kappa shape index (κ3) is 3.56. The van der Waals surface area contributed by atoms with Crippen LogP contribution in [-0.4, -0.2) is 14.2 Å². The molecule has 0 aromatic heterocycles. The van der Waals surface area contributed by atoms with Gasteiger partial charge in [-0.3, -0.25) is 0 Å². The second-order valence-electron chi connectivity index (χ2n) is 5.86. The van der Waals surface area contributed by atoms with Gasteiger partial charge in [0.15, 0.2) is 0 Å². The molecule has 2 nitrogen and oxygen atoms in total. The summed E-state index contributed by atoms with van der Waals surface area (Å²) in [6.45, 7) is 2.11. The Morgan fingerprint density at radius 3 is 2.40 bits per heavy atom. The van der Waals surface area contributed by atoms with Gasteiger partial charge in [0, 0.05) is 16.1 Å². The average Bonchev–Trinajstić information content (AvgIpc) is 2.72. The number of methoxy groups -OCH3 is 1. The van der Waals surface area contributed by atoms with Crippen LogP contribution in [0.2, 0.25) is 0 Å². The van der Waals surface area contributed by atoms with Crippen molar-refractivity contribution in [1.82, 2.24) is 5.32 Å². The largest absolute Gasteiger partial charge is 0.496 e. The molecule has 1 unspecified atom stereocenters. The molecule has 3 heteroatoms. The Kier molecular flexibility index (Phi) is 5.91. The van der Waals surface area contributed by atoms with Crippen LogP contribution < -0.4 is 10.1 Å². The van der Waals surface area contributed by atoms with Gasteiger partial charge in [-0.1, -0.05) is 41.6 Å². The standard InChI is InChI=1S/C17H26BrNO/c1-12-10-16(20-3)14(11-15(12)18)17(19-2)13-8-6-4-5-7-9-13/h10-11,13,17,19H,4-9H2,1-3H3.